The standard InChI is InChI=1S/C16H23Cl3N2O/c1-10(2)7-21(8-11(3)4)9-15(22)20-16-13(18)5-12(17)6-14(16)19/h5-6,10-11H,7-9H2,1-4H3,(H,20,22). The summed E-state index contributed by atoms with van der Waals surface area (Å²) in [5, 5.41) is 3.89. The van der Waals surface area contributed by atoms with Gasteiger partial charge in [-0.2, -0.15) is 0 Å². The summed E-state index contributed by atoms with van der Waals surface area (Å²) in [6.07, 6.45) is 0. The van der Waals surface area contributed by atoms with Crippen LogP contribution < -0.4 is 5.32 Å². The van der Waals surface area contributed by atoms with Gasteiger partial charge in [0.05, 0.1) is 22.3 Å². The smallest absolute Gasteiger partial charge is 0.238 e. The number of nitrogens with one attached hydrogen (secondary N) is 1. The van der Waals surface area contributed by atoms with Gasteiger partial charge in [-0.15, -0.1) is 0 Å². The van der Waals surface area contributed by atoms with E-state index in [9.17, 15) is 4.79 Å². The van der Waals surface area contributed by atoms with E-state index in [-0.39, 0.29) is 5.91 Å². The van der Waals surface area contributed by atoms with Gasteiger partial charge in [0, 0.05) is 18.1 Å². The molecule has 3 nitrogen and oxygen atoms in total. The van der Waals surface area contributed by atoms with Crippen molar-refractivity contribution in [3.63, 3.8) is 0 Å². The monoisotopic (exact) mass is 364 g/mol. The van der Waals surface area contributed by atoms with Crippen molar-refractivity contribution in [2.24, 2.45) is 11.8 Å². The van der Waals surface area contributed by atoms with Gasteiger partial charge in [0.1, 0.15) is 0 Å². The molecule has 22 heavy (non-hydrogen) atoms. The van der Waals surface area contributed by atoms with E-state index in [1.54, 1.807) is 12.1 Å². The lowest BCUT2D eigenvalue weighted by Crippen LogP contribution is -2.38. The Bertz CT molecular complexity index is 485. The van der Waals surface area contributed by atoms with Crippen molar-refractivity contribution in [3.05, 3.63) is 27.2 Å². The fraction of sp³-hybridized carbons (Fsp3) is 0.562. The molecule has 0 unspecified atom stereocenters. The molecule has 0 aliphatic heterocycles. The first kappa shape index (κ1) is 19.6. The lowest BCUT2D eigenvalue weighted by atomic mass is 10.1. The molecular formula is C16H23Cl3N2O. The van der Waals surface area contributed by atoms with Crippen LogP contribution in [0.4, 0.5) is 5.69 Å². The van der Waals surface area contributed by atoms with Crippen LogP contribution in [0.3, 0.4) is 0 Å². The van der Waals surface area contributed by atoms with Gasteiger partial charge >= 0.3 is 0 Å². The Hall–Kier alpha value is -0.480. The number of rotatable bonds is 7. The average Bonchev–Trinajstić information content (AvgIpc) is 2.31. The normalized spacial score (nSPS) is 11.5. The van der Waals surface area contributed by atoms with E-state index in [1.807, 2.05) is 0 Å². The summed E-state index contributed by atoms with van der Waals surface area (Å²) in [6.45, 7) is 10.6. The second-order valence-electron chi connectivity index (χ2n) is 6.27. The van der Waals surface area contributed by atoms with Gasteiger partial charge in [0.2, 0.25) is 5.91 Å². The topological polar surface area (TPSA) is 32.3 Å². The Morgan fingerprint density at radius 2 is 1.50 bits per heavy atom. The van der Waals surface area contributed by atoms with E-state index < -0.39 is 0 Å². The minimum absolute atomic E-state index is 0.132. The van der Waals surface area contributed by atoms with E-state index in [0.717, 1.165) is 13.1 Å². The fourth-order valence-electron chi connectivity index (χ4n) is 2.28. The van der Waals surface area contributed by atoms with Crippen molar-refractivity contribution in [1.29, 1.82) is 0 Å². The molecule has 6 heteroatoms. The third kappa shape index (κ3) is 6.74. The lowest BCUT2D eigenvalue weighted by Gasteiger charge is -2.25. The molecule has 0 aliphatic carbocycles. The Kier molecular flexibility index (Phi) is 7.98. The maximum absolute atomic E-state index is 12.3. The zero-order chi connectivity index (χ0) is 16.9. The summed E-state index contributed by atoms with van der Waals surface area (Å²) >= 11 is 18.0. The summed E-state index contributed by atoms with van der Waals surface area (Å²) in [7, 11) is 0. The van der Waals surface area contributed by atoms with Crippen molar-refractivity contribution in [1.82, 2.24) is 4.90 Å². The number of hydrogen-bond acceptors (Lipinski definition) is 2. The largest absolute Gasteiger partial charge is 0.322 e. The second-order valence-corrected chi connectivity index (χ2v) is 7.53. The third-order valence-corrected chi connectivity index (χ3v) is 3.70. The van der Waals surface area contributed by atoms with E-state index in [2.05, 4.69) is 37.9 Å². The fourth-order valence-corrected chi connectivity index (χ4v) is 3.19. The zero-order valence-electron chi connectivity index (χ0n) is 13.4. The van der Waals surface area contributed by atoms with Crippen LogP contribution in [-0.2, 0) is 4.79 Å². The van der Waals surface area contributed by atoms with Gasteiger partial charge in [-0.25, -0.2) is 0 Å². The quantitative estimate of drug-likeness (QED) is 0.720. The van der Waals surface area contributed by atoms with E-state index in [4.69, 9.17) is 34.8 Å². The molecule has 0 bridgehead atoms. The Morgan fingerprint density at radius 3 is 1.91 bits per heavy atom. The van der Waals surface area contributed by atoms with Gasteiger partial charge in [-0.3, -0.25) is 9.69 Å². The molecule has 1 rings (SSSR count). The van der Waals surface area contributed by atoms with Crippen molar-refractivity contribution in [2.75, 3.05) is 25.0 Å². The predicted octanol–water partition coefficient (Wildman–Crippen LogP) is 5.20. The highest BCUT2D eigenvalue weighted by Gasteiger charge is 2.16. The minimum Gasteiger partial charge on any atom is -0.322 e. The number of carbonyl (C=O) groups is 1. The number of halogens is 3. The van der Waals surface area contributed by atoms with Crippen molar-refractivity contribution in [2.45, 2.75) is 27.7 Å². The lowest BCUT2D eigenvalue weighted by molar-refractivity contribution is -0.117. The van der Waals surface area contributed by atoms with Crippen LogP contribution in [0.25, 0.3) is 0 Å². The number of hydrogen-bond donors (Lipinski definition) is 1. The number of amides is 1. The molecule has 0 heterocycles. The molecule has 0 fully saturated rings. The maximum Gasteiger partial charge on any atom is 0.238 e. The van der Waals surface area contributed by atoms with Gasteiger partial charge in [0.15, 0.2) is 0 Å². The maximum atomic E-state index is 12.3. The van der Waals surface area contributed by atoms with Gasteiger partial charge < -0.3 is 5.32 Å². The Labute approximate surface area is 147 Å². The van der Waals surface area contributed by atoms with Crippen molar-refractivity contribution in [3.8, 4) is 0 Å². The third-order valence-electron chi connectivity index (χ3n) is 2.89. The van der Waals surface area contributed by atoms with Crippen LogP contribution in [0, 0.1) is 11.8 Å². The molecule has 0 saturated heterocycles. The average molecular weight is 366 g/mol. The summed E-state index contributed by atoms with van der Waals surface area (Å²) in [4.78, 5) is 14.4. The first-order valence-corrected chi connectivity index (χ1v) is 8.49. The first-order valence-electron chi connectivity index (χ1n) is 7.35. The minimum atomic E-state index is -0.132. The molecular weight excluding hydrogens is 343 g/mol. The van der Waals surface area contributed by atoms with Crippen LogP contribution in [0.5, 0.6) is 0 Å². The zero-order valence-corrected chi connectivity index (χ0v) is 15.7. The number of carbonyl (C=O) groups excluding carboxylic acids is 1. The van der Waals surface area contributed by atoms with Crippen LogP contribution in [0.15, 0.2) is 12.1 Å². The predicted molar refractivity (Wildman–Crippen MR) is 96.2 cm³/mol. The number of anilines is 1. The highest BCUT2D eigenvalue weighted by atomic mass is 35.5. The molecule has 0 atom stereocenters. The Morgan fingerprint density at radius 1 is 1.05 bits per heavy atom. The molecule has 0 spiro atoms. The SMILES string of the molecule is CC(C)CN(CC(=O)Nc1c(Cl)cc(Cl)cc1Cl)CC(C)C. The molecule has 1 aromatic carbocycles. The number of benzene rings is 1. The van der Waals surface area contributed by atoms with E-state index in [0.29, 0.717) is 39.1 Å². The van der Waals surface area contributed by atoms with Gasteiger partial charge in [0.25, 0.3) is 0 Å². The van der Waals surface area contributed by atoms with Crippen LogP contribution in [0.1, 0.15) is 27.7 Å². The van der Waals surface area contributed by atoms with Crippen LogP contribution in [-0.4, -0.2) is 30.4 Å². The summed E-state index contributed by atoms with van der Waals surface area (Å²) in [6, 6.07) is 3.12. The van der Waals surface area contributed by atoms with Crippen LogP contribution in [0.2, 0.25) is 15.1 Å². The molecule has 1 aromatic rings. The Balaban J connectivity index is 2.75. The molecule has 0 radical (unpaired) electrons. The molecule has 1 amide bonds. The first-order chi connectivity index (χ1) is 10.2. The van der Waals surface area contributed by atoms with Gasteiger partial charge in [-0.05, 0) is 24.0 Å². The van der Waals surface area contributed by atoms with Crippen molar-refractivity contribution >= 4 is 46.4 Å². The molecule has 0 saturated carbocycles. The van der Waals surface area contributed by atoms with E-state index in [1.165, 1.54) is 0 Å². The van der Waals surface area contributed by atoms with Gasteiger partial charge in [-0.1, -0.05) is 62.5 Å². The van der Waals surface area contributed by atoms with E-state index >= 15 is 0 Å². The second kappa shape index (κ2) is 8.97. The summed E-state index contributed by atoms with van der Waals surface area (Å²) < 4.78 is 0. The summed E-state index contributed by atoms with van der Waals surface area (Å²) in [5.74, 6) is 0.857. The summed E-state index contributed by atoms with van der Waals surface area (Å²) in [5.41, 5.74) is 0.409. The molecule has 1 N–H and O–H groups in total. The molecule has 0 aliphatic rings. The highest BCUT2D eigenvalue weighted by Crippen LogP contribution is 2.33. The van der Waals surface area contributed by atoms with Crippen molar-refractivity contribution < 1.29 is 4.79 Å². The molecule has 124 valence electrons. The van der Waals surface area contributed by atoms with Crippen LogP contribution >= 0.6 is 34.8 Å². The number of nitrogens with zero attached hydrogens (tertiary/aromatic N) is 1. The highest BCUT2D eigenvalue weighted by molar-refractivity contribution is 6.42. The molecule has 0 aromatic heterocycles.